The van der Waals surface area contributed by atoms with Gasteiger partial charge in [-0.1, -0.05) is 24.3 Å². The lowest BCUT2D eigenvalue weighted by Crippen LogP contribution is -2.24. The van der Waals surface area contributed by atoms with Gasteiger partial charge in [-0.25, -0.2) is 0 Å². The van der Waals surface area contributed by atoms with Crippen molar-refractivity contribution in [2.75, 3.05) is 19.0 Å². The highest BCUT2D eigenvalue weighted by molar-refractivity contribution is 7.12. The van der Waals surface area contributed by atoms with Crippen molar-refractivity contribution in [1.82, 2.24) is 5.32 Å². The molecule has 150 valence electrons. The predicted octanol–water partition coefficient (Wildman–Crippen LogP) is 4.34. The Hall–Kier alpha value is -3.32. The summed E-state index contributed by atoms with van der Waals surface area (Å²) < 4.78 is 10.9. The molecule has 0 spiro atoms. The van der Waals surface area contributed by atoms with E-state index >= 15 is 0 Å². The number of hydrogen-bond donors (Lipinski definition) is 2. The maximum Gasteiger partial charge on any atom is 0.265 e. The van der Waals surface area contributed by atoms with Gasteiger partial charge in [0.05, 0.1) is 29.8 Å². The molecule has 0 saturated carbocycles. The van der Waals surface area contributed by atoms with Crippen molar-refractivity contribution in [3.8, 4) is 11.5 Å². The standard InChI is InChI=1S/C22H22N2O4S/c1-3-28-18-11-10-15(13-19(18)27-2)14-23-21(25)16-7-4-5-8-17(16)24-22(26)20-9-6-12-29-20/h4-13H,3,14H2,1-2H3,(H,23,25)(H,24,26). The lowest BCUT2D eigenvalue weighted by Gasteiger charge is -2.13. The molecule has 0 aliphatic rings. The van der Waals surface area contributed by atoms with Crippen LogP contribution >= 0.6 is 11.3 Å². The number of nitrogens with one attached hydrogen (secondary N) is 2. The van der Waals surface area contributed by atoms with Gasteiger partial charge >= 0.3 is 0 Å². The summed E-state index contributed by atoms with van der Waals surface area (Å²) in [5.74, 6) is 0.755. The number of benzene rings is 2. The lowest BCUT2D eigenvalue weighted by atomic mass is 10.1. The van der Waals surface area contributed by atoms with Gasteiger partial charge in [0.1, 0.15) is 0 Å². The number of para-hydroxylation sites is 1. The largest absolute Gasteiger partial charge is 0.493 e. The summed E-state index contributed by atoms with van der Waals surface area (Å²) >= 11 is 1.35. The van der Waals surface area contributed by atoms with Crippen molar-refractivity contribution < 1.29 is 19.1 Å². The third kappa shape index (κ3) is 5.14. The molecule has 2 amide bonds. The summed E-state index contributed by atoms with van der Waals surface area (Å²) in [6.45, 7) is 2.76. The topological polar surface area (TPSA) is 76.7 Å². The van der Waals surface area contributed by atoms with E-state index in [4.69, 9.17) is 9.47 Å². The Bertz CT molecular complexity index is 986. The summed E-state index contributed by atoms with van der Waals surface area (Å²) in [7, 11) is 1.58. The quantitative estimate of drug-likeness (QED) is 0.579. The minimum atomic E-state index is -0.278. The first-order valence-corrected chi connectivity index (χ1v) is 10.0. The van der Waals surface area contributed by atoms with Crippen molar-refractivity contribution >= 4 is 28.8 Å². The SMILES string of the molecule is CCOc1ccc(CNC(=O)c2ccccc2NC(=O)c2cccs2)cc1OC. The molecule has 0 aliphatic heterocycles. The van der Waals surface area contributed by atoms with Crippen molar-refractivity contribution in [3.63, 3.8) is 0 Å². The zero-order chi connectivity index (χ0) is 20.6. The van der Waals surface area contributed by atoms with Gasteiger partial charge in [-0.05, 0) is 48.2 Å². The molecular formula is C22H22N2O4S. The monoisotopic (exact) mass is 410 g/mol. The summed E-state index contributed by atoms with van der Waals surface area (Å²) in [6.07, 6.45) is 0. The molecule has 0 fully saturated rings. The maximum absolute atomic E-state index is 12.7. The fourth-order valence-corrected chi connectivity index (χ4v) is 3.38. The van der Waals surface area contributed by atoms with E-state index in [1.165, 1.54) is 11.3 Å². The summed E-state index contributed by atoms with van der Waals surface area (Å²) in [6, 6.07) is 16.0. The molecule has 0 saturated heterocycles. The van der Waals surface area contributed by atoms with E-state index in [-0.39, 0.29) is 11.8 Å². The Labute approximate surface area is 173 Å². The van der Waals surface area contributed by atoms with Gasteiger partial charge in [0, 0.05) is 6.54 Å². The molecule has 7 heteroatoms. The van der Waals surface area contributed by atoms with E-state index in [9.17, 15) is 9.59 Å². The molecular weight excluding hydrogens is 388 g/mol. The molecule has 0 unspecified atom stereocenters. The van der Waals surface area contributed by atoms with Gasteiger partial charge in [-0.2, -0.15) is 0 Å². The van der Waals surface area contributed by atoms with E-state index in [2.05, 4.69) is 10.6 Å². The highest BCUT2D eigenvalue weighted by atomic mass is 32.1. The van der Waals surface area contributed by atoms with Crippen LogP contribution in [0.3, 0.4) is 0 Å². The van der Waals surface area contributed by atoms with Crippen LogP contribution < -0.4 is 20.1 Å². The summed E-state index contributed by atoms with van der Waals surface area (Å²) in [5, 5.41) is 7.52. The third-order valence-corrected chi connectivity index (χ3v) is 5.01. The lowest BCUT2D eigenvalue weighted by molar-refractivity contribution is 0.0951. The van der Waals surface area contributed by atoms with Gasteiger partial charge < -0.3 is 20.1 Å². The molecule has 3 aromatic rings. The number of anilines is 1. The smallest absolute Gasteiger partial charge is 0.265 e. The second-order valence-electron chi connectivity index (χ2n) is 6.08. The van der Waals surface area contributed by atoms with Gasteiger partial charge in [0.25, 0.3) is 11.8 Å². The molecule has 1 aromatic heterocycles. The van der Waals surface area contributed by atoms with Gasteiger partial charge in [0.2, 0.25) is 0 Å². The van der Waals surface area contributed by atoms with Gasteiger partial charge in [-0.3, -0.25) is 9.59 Å². The highest BCUT2D eigenvalue weighted by Crippen LogP contribution is 2.28. The first kappa shape index (κ1) is 20.4. The number of thiophene rings is 1. The van der Waals surface area contributed by atoms with E-state index in [1.54, 1.807) is 37.4 Å². The Morgan fingerprint density at radius 1 is 1.00 bits per heavy atom. The number of carbonyl (C=O) groups excluding carboxylic acids is 2. The Morgan fingerprint density at radius 3 is 2.55 bits per heavy atom. The Balaban J connectivity index is 1.69. The third-order valence-electron chi connectivity index (χ3n) is 4.15. The fourth-order valence-electron chi connectivity index (χ4n) is 2.76. The zero-order valence-electron chi connectivity index (χ0n) is 16.2. The number of carbonyl (C=O) groups is 2. The van der Waals surface area contributed by atoms with Crippen LogP contribution in [-0.2, 0) is 6.54 Å². The average molecular weight is 410 g/mol. The van der Waals surface area contributed by atoms with Gasteiger partial charge in [-0.15, -0.1) is 11.3 Å². The van der Waals surface area contributed by atoms with E-state index in [0.717, 1.165) is 5.56 Å². The Morgan fingerprint density at radius 2 is 1.83 bits per heavy atom. The molecule has 0 radical (unpaired) electrons. The second kappa shape index (κ2) is 9.75. The average Bonchev–Trinajstić information content (AvgIpc) is 3.28. The van der Waals surface area contributed by atoms with Crippen LogP contribution in [0.5, 0.6) is 11.5 Å². The van der Waals surface area contributed by atoms with Crippen LogP contribution in [0.4, 0.5) is 5.69 Å². The number of amides is 2. The van der Waals surface area contributed by atoms with Crippen LogP contribution in [0.25, 0.3) is 0 Å². The second-order valence-corrected chi connectivity index (χ2v) is 7.03. The van der Waals surface area contributed by atoms with Crippen LogP contribution in [0.15, 0.2) is 60.0 Å². The fraction of sp³-hybridized carbons (Fsp3) is 0.182. The molecule has 6 nitrogen and oxygen atoms in total. The molecule has 0 aliphatic carbocycles. The molecule has 2 N–H and O–H groups in total. The molecule has 2 aromatic carbocycles. The number of rotatable bonds is 8. The molecule has 0 atom stereocenters. The van der Waals surface area contributed by atoms with E-state index < -0.39 is 0 Å². The van der Waals surface area contributed by atoms with Crippen LogP contribution in [-0.4, -0.2) is 25.5 Å². The van der Waals surface area contributed by atoms with Crippen molar-refractivity contribution in [2.45, 2.75) is 13.5 Å². The molecule has 29 heavy (non-hydrogen) atoms. The highest BCUT2D eigenvalue weighted by Gasteiger charge is 2.15. The van der Waals surface area contributed by atoms with Crippen LogP contribution in [0.1, 0.15) is 32.5 Å². The van der Waals surface area contributed by atoms with E-state index in [0.29, 0.717) is 40.8 Å². The number of hydrogen-bond acceptors (Lipinski definition) is 5. The minimum absolute atomic E-state index is 0.239. The minimum Gasteiger partial charge on any atom is -0.493 e. The number of methoxy groups -OCH3 is 1. The normalized spacial score (nSPS) is 10.3. The first-order chi connectivity index (χ1) is 14.1. The first-order valence-electron chi connectivity index (χ1n) is 9.14. The summed E-state index contributed by atoms with van der Waals surface area (Å²) in [4.78, 5) is 25.6. The van der Waals surface area contributed by atoms with Crippen LogP contribution in [0.2, 0.25) is 0 Å². The molecule has 1 heterocycles. The molecule has 3 rings (SSSR count). The van der Waals surface area contributed by atoms with Crippen LogP contribution in [0, 0.1) is 0 Å². The maximum atomic E-state index is 12.7. The summed E-state index contributed by atoms with van der Waals surface area (Å²) in [5.41, 5.74) is 1.74. The van der Waals surface area contributed by atoms with Crippen molar-refractivity contribution in [3.05, 3.63) is 76.0 Å². The van der Waals surface area contributed by atoms with Gasteiger partial charge in [0.15, 0.2) is 11.5 Å². The predicted molar refractivity (Wildman–Crippen MR) is 114 cm³/mol. The number of ether oxygens (including phenoxy) is 2. The molecule has 0 bridgehead atoms. The van der Waals surface area contributed by atoms with Crippen molar-refractivity contribution in [1.29, 1.82) is 0 Å². The van der Waals surface area contributed by atoms with Crippen molar-refractivity contribution in [2.24, 2.45) is 0 Å². The van der Waals surface area contributed by atoms with E-state index in [1.807, 2.05) is 36.6 Å². The zero-order valence-corrected chi connectivity index (χ0v) is 17.0. The Kier molecular flexibility index (Phi) is 6.86.